The molecule has 2 N–H and O–H groups in total. The van der Waals surface area contributed by atoms with Crippen LogP contribution in [0.1, 0.15) is 38.2 Å². The zero-order valence-corrected chi connectivity index (χ0v) is 12.3. The van der Waals surface area contributed by atoms with E-state index in [9.17, 15) is 8.78 Å². The van der Waals surface area contributed by atoms with Crippen molar-refractivity contribution in [1.82, 2.24) is 4.90 Å². The molecule has 0 saturated heterocycles. The van der Waals surface area contributed by atoms with Crippen LogP contribution in [0.15, 0.2) is 18.2 Å². The maximum Gasteiger partial charge on any atom is 0.126 e. The summed E-state index contributed by atoms with van der Waals surface area (Å²) in [5, 5.41) is 0. The van der Waals surface area contributed by atoms with Gasteiger partial charge in [-0.25, -0.2) is 8.78 Å². The van der Waals surface area contributed by atoms with Gasteiger partial charge in [0.05, 0.1) is 0 Å². The first-order valence-corrected chi connectivity index (χ1v) is 7.31. The Labute approximate surface area is 120 Å². The van der Waals surface area contributed by atoms with E-state index >= 15 is 0 Å². The maximum absolute atomic E-state index is 13.3. The lowest BCUT2D eigenvalue weighted by atomic mass is 9.75. The molecule has 4 heteroatoms. The highest BCUT2D eigenvalue weighted by Gasteiger charge is 2.37. The minimum Gasteiger partial charge on any atom is -0.329 e. The quantitative estimate of drug-likeness (QED) is 0.918. The smallest absolute Gasteiger partial charge is 0.126 e. The predicted molar refractivity (Wildman–Crippen MR) is 77.2 cm³/mol. The van der Waals surface area contributed by atoms with Crippen molar-refractivity contribution in [3.63, 3.8) is 0 Å². The van der Waals surface area contributed by atoms with Gasteiger partial charge in [0.2, 0.25) is 0 Å². The van der Waals surface area contributed by atoms with Crippen LogP contribution in [0.5, 0.6) is 0 Å². The molecule has 2 nitrogen and oxygen atoms in total. The van der Waals surface area contributed by atoms with E-state index in [4.69, 9.17) is 5.73 Å². The summed E-state index contributed by atoms with van der Waals surface area (Å²) in [5.41, 5.74) is 6.65. The molecule has 0 bridgehead atoms. The molecule has 20 heavy (non-hydrogen) atoms. The number of nitrogens with two attached hydrogens (primary N) is 1. The summed E-state index contributed by atoms with van der Waals surface area (Å²) in [5.74, 6) is -0.390. The fourth-order valence-electron chi connectivity index (χ4n) is 3.46. The van der Waals surface area contributed by atoms with Gasteiger partial charge < -0.3 is 5.73 Å². The van der Waals surface area contributed by atoms with Crippen LogP contribution in [0.25, 0.3) is 0 Å². The van der Waals surface area contributed by atoms with E-state index in [1.54, 1.807) is 0 Å². The minimum atomic E-state index is -0.521. The zero-order valence-electron chi connectivity index (χ0n) is 12.3. The summed E-state index contributed by atoms with van der Waals surface area (Å²) in [4.78, 5) is 2.18. The summed E-state index contributed by atoms with van der Waals surface area (Å²) in [6, 6.07) is 3.71. The van der Waals surface area contributed by atoms with Gasteiger partial charge in [0.1, 0.15) is 11.6 Å². The normalized spacial score (nSPS) is 27.0. The SMILES string of the molecule is CC1CCCC(CN)(N(C)Cc2cc(F)cc(F)c2)C1. The lowest BCUT2D eigenvalue weighted by Gasteiger charge is -2.46. The molecule has 2 unspecified atom stereocenters. The van der Waals surface area contributed by atoms with Crippen LogP contribution in [0, 0.1) is 17.6 Å². The standard InChI is InChI=1S/C16H24F2N2/c1-12-4-3-5-16(9-12,11-19)20(2)10-13-6-14(17)8-15(18)7-13/h6-8,12H,3-5,9-11,19H2,1-2H3. The monoisotopic (exact) mass is 282 g/mol. The van der Waals surface area contributed by atoms with Gasteiger partial charge in [-0.1, -0.05) is 19.8 Å². The van der Waals surface area contributed by atoms with E-state index < -0.39 is 11.6 Å². The molecule has 0 radical (unpaired) electrons. The zero-order chi connectivity index (χ0) is 14.8. The molecular weight excluding hydrogens is 258 g/mol. The molecule has 1 fully saturated rings. The van der Waals surface area contributed by atoms with Gasteiger partial charge in [0.15, 0.2) is 0 Å². The number of halogens is 2. The molecule has 0 amide bonds. The second-order valence-electron chi connectivity index (χ2n) is 6.26. The van der Waals surface area contributed by atoms with E-state index in [0.717, 1.165) is 18.9 Å². The van der Waals surface area contributed by atoms with E-state index in [0.29, 0.717) is 24.6 Å². The Bertz CT molecular complexity index is 444. The second-order valence-corrected chi connectivity index (χ2v) is 6.26. The van der Waals surface area contributed by atoms with Crippen LogP contribution < -0.4 is 5.73 Å². The van der Waals surface area contributed by atoms with Gasteiger partial charge >= 0.3 is 0 Å². The molecule has 2 atom stereocenters. The number of nitrogens with zero attached hydrogens (tertiary/aromatic N) is 1. The fourth-order valence-corrected chi connectivity index (χ4v) is 3.46. The minimum absolute atomic E-state index is 0.0412. The van der Waals surface area contributed by atoms with Crippen molar-refractivity contribution >= 4 is 0 Å². The van der Waals surface area contributed by atoms with Crippen molar-refractivity contribution in [3.05, 3.63) is 35.4 Å². The Morgan fingerprint density at radius 1 is 1.30 bits per heavy atom. The largest absolute Gasteiger partial charge is 0.329 e. The Morgan fingerprint density at radius 3 is 2.50 bits per heavy atom. The fraction of sp³-hybridized carbons (Fsp3) is 0.625. The topological polar surface area (TPSA) is 29.3 Å². The summed E-state index contributed by atoms with van der Waals surface area (Å²) < 4.78 is 26.6. The first-order valence-electron chi connectivity index (χ1n) is 7.31. The maximum atomic E-state index is 13.3. The van der Waals surface area contributed by atoms with Crippen LogP contribution in [0.4, 0.5) is 8.78 Å². The molecule has 1 saturated carbocycles. The Kier molecular flexibility index (Phi) is 4.76. The molecule has 1 aliphatic rings. The number of benzene rings is 1. The third kappa shape index (κ3) is 3.36. The molecular formula is C16H24F2N2. The molecule has 2 rings (SSSR count). The van der Waals surface area contributed by atoms with Gasteiger partial charge in [-0.05, 0) is 43.5 Å². The lowest BCUT2D eigenvalue weighted by Crippen LogP contribution is -2.54. The third-order valence-corrected chi connectivity index (χ3v) is 4.60. The molecule has 1 aromatic rings. The van der Waals surface area contributed by atoms with Crippen LogP contribution >= 0.6 is 0 Å². The molecule has 0 spiro atoms. The molecule has 0 heterocycles. The van der Waals surface area contributed by atoms with Crippen LogP contribution in [0.2, 0.25) is 0 Å². The molecule has 1 aromatic carbocycles. The van der Waals surface area contributed by atoms with Crippen molar-refractivity contribution in [3.8, 4) is 0 Å². The van der Waals surface area contributed by atoms with Crippen molar-refractivity contribution < 1.29 is 8.78 Å². The number of hydrogen-bond acceptors (Lipinski definition) is 2. The van der Waals surface area contributed by atoms with Crippen molar-refractivity contribution in [2.45, 2.75) is 44.7 Å². The lowest BCUT2D eigenvalue weighted by molar-refractivity contribution is 0.0553. The van der Waals surface area contributed by atoms with E-state index in [1.165, 1.54) is 25.0 Å². The molecule has 1 aliphatic carbocycles. The van der Waals surface area contributed by atoms with Crippen molar-refractivity contribution in [1.29, 1.82) is 0 Å². The highest BCUT2D eigenvalue weighted by atomic mass is 19.1. The van der Waals surface area contributed by atoms with Gasteiger partial charge in [-0.3, -0.25) is 4.90 Å². The summed E-state index contributed by atoms with van der Waals surface area (Å²) in [6.45, 7) is 3.36. The number of likely N-dealkylation sites (N-methyl/N-ethyl adjacent to an activating group) is 1. The van der Waals surface area contributed by atoms with E-state index in [-0.39, 0.29) is 5.54 Å². The summed E-state index contributed by atoms with van der Waals surface area (Å²) in [7, 11) is 2.01. The van der Waals surface area contributed by atoms with Crippen LogP contribution in [-0.4, -0.2) is 24.0 Å². The average molecular weight is 282 g/mol. The number of hydrogen-bond donors (Lipinski definition) is 1. The van der Waals surface area contributed by atoms with Crippen LogP contribution in [0.3, 0.4) is 0 Å². The molecule has 112 valence electrons. The third-order valence-electron chi connectivity index (χ3n) is 4.60. The molecule has 0 aliphatic heterocycles. The van der Waals surface area contributed by atoms with Crippen molar-refractivity contribution in [2.24, 2.45) is 11.7 Å². The summed E-state index contributed by atoms with van der Waals surface area (Å²) >= 11 is 0. The predicted octanol–water partition coefficient (Wildman–Crippen LogP) is 3.30. The average Bonchev–Trinajstić information content (AvgIpc) is 2.37. The molecule has 0 aromatic heterocycles. The second kappa shape index (κ2) is 6.19. The van der Waals surface area contributed by atoms with E-state index in [1.807, 2.05) is 7.05 Å². The first-order chi connectivity index (χ1) is 9.45. The first kappa shape index (κ1) is 15.4. The van der Waals surface area contributed by atoms with Gasteiger partial charge in [-0.15, -0.1) is 0 Å². The summed E-state index contributed by atoms with van der Waals surface area (Å²) in [6.07, 6.45) is 4.52. The Balaban J connectivity index is 2.14. The van der Waals surface area contributed by atoms with Gasteiger partial charge in [0.25, 0.3) is 0 Å². The van der Waals surface area contributed by atoms with Crippen molar-refractivity contribution in [2.75, 3.05) is 13.6 Å². The Morgan fingerprint density at radius 2 is 1.95 bits per heavy atom. The van der Waals surface area contributed by atoms with Gasteiger partial charge in [0, 0.05) is 24.7 Å². The van der Waals surface area contributed by atoms with Gasteiger partial charge in [-0.2, -0.15) is 0 Å². The van der Waals surface area contributed by atoms with Crippen LogP contribution in [-0.2, 0) is 6.54 Å². The van der Waals surface area contributed by atoms with E-state index in [2.05, 4.69) is 11.8 Å². The Hall–Kier alpha value is -1.00. The highest BCUT2D eigenvalue weighted by Crippen LogP contribution is 2.36. The number of rotatable bonds is 4. The highest BCUT2D eigenvalue weighted by molar-refractivity contribution is 5.18.